The predicted octanol–water partition coefficient (Wildman–Crippen LogP) is 5.01. The van der Waals surface area contributed by atoms with E-state index < -0.39 is 0 Å². The Hall–Kier alpha value is -2.32. The molecule has 0 atom stereocenters. The fraction of sp³-hybridized carbons (Fsp3) is 0.318. The highest BCUT2D eigenvalue weighted by Gasteiger charge is 2.14. The fourth-order valence-electron chi connectivity index (χ4n) is 2.98. The van der Waals surface area contributed by atoms with Gasteiger partial charge in [-0.1, -0.05) is 59.7 Å². The van der Waals surface area contributed by atoms with Crippen molar-refractivity contribution in [1.29, 1.82) is 0 Å². The lowest BCUT2D eigenvalue weighted by molar-refractivity contribution is -0.113. The molecule has 0 saturated heterocycles. The Balaban J connectivity index is 1.57. The number of thioether (sulfide) groups is 1. The van der Waals surface area contributed by atoms with E-state index in [9.17, 15) is 4.79 Å². The van der Waals surface area contributed by atoms with Crippen LogP contribution in [0.25, 0.3) is 0 Å². The third-order valence-electron chi connectivity index (χ3n) is 4.70. The van der Waals surface area contributed by atoms with Gasteiger partial charge in [-0.05, 0) is 48.2 Å². The zero-order valence-electron chi connectivity index (χ0n) is 17.3. The van der Waals surface area contributed by atoms with E-state index >= 15 is 0 Å². The molecule has 3 rings (SSSR count). The molecule has 0 radical (unpaired) electrons. The van der Waals surface area contributed by atoms with Crippen molar-refractivity contribution in [3.05, 3.63) is 63.9 Å². The van der Waals surface area contributed by atoms with Crippen molar-refractivity contribution >= 4 is 39.3 Å². The van der Waals surface area contributed by atoms with Crippen molar-refractivity contribution in [2.45, 2.75) is 38.5 Å². The van der Waals surface area contributed by atoms with Gasteiger partial charge in [0.2, 0.25) is 5.91 Å². The second-order valence-corrected chi connectivity index (χ2v) is 8.55. The molecule has 0 spiro atoms. The highest BCUT2D eigenvalue weighted by molar-refractivity contribution is 9.10. The second-order valence-electron chi connectivity index (χ2n) is 6.70. The Morgan fingerprint density at radius 1 is 1.10 bits per heavy atom. The Morgan fingerprint density at radius 3 is 2.40 bits per heavy atom. The lowest BCUT2D eigenvalue weighted by atomic mass is 10.0. The van der Waals surface area contributed by atoms with Crippen LogP contribution < -0.4 is 10.1 Å². The van der Waals surface area contributed by atoms with Crippen LogP contribution in [0.5, 0.6) is 5.75 Å². The van der Waals surface area contributed by atoms with Gasteiger partial charge in [-0.15, -0.1) is 10.2 Å². The van der Waals surface area contributed by atoms with Crippen LogP contribution in [0.1, 0.15) is 30.8 Å². The molecule has 2 aromatic carbocycles. The number of hydrogen-bond acceptors (Lipinski definition) is 5. The maximum atomic E-state index is 12.6. The van der Waals surface area contributed by atoms with Crippen molar-refractivity contribution in [3.8, 4) is 5.75 Å². The van der Waals surface area contributed by atoms with Crippen LogP contribution in [-0.4, -0.2) is 26.4 Å². The summed E-state index contributed by atoms with van der Waals surface area (Å²) < 4.78 is 8.62. The summed E-state index contributed by atoms with van der Waals surface area (Å²) in [5.74, 6) is 1.67. The standard InChI is InChI=1S/C22H25BrN4O2S/c1-4-15-7-6-8-16(5-2)21(15)24-20(28)14-30-22-26-25-19(27(22)3)13-29-18-11-9-17(23)10-12-18/h6-12H,4-5,13-14H2,1-3H3,(H,24,28). The van der Waals surface area contributed by atoms with Gasteiger partial charge in [0.25, 0.3) is 0 Å². The number of aromatic nitrogens is 3. The molecule has 0 fully saturated rings. The highest BCUT2D eigenvalue weighted by atomic mass is 79.9. The number of ether oxygens (including phenoxy) is 1. The molecular formula is C22H25BrN4O2S. The quantitative estimate of drug-likeness (QED) is 0.428. The van der Waals surface area contributed by atoms with Gasteiger partial charge in [-0.2, -0.15) is 0 Å². The summed E-state index contributed by atoms with van der Waals surface area (Å²) in [6.45, 7) is 4.49. The van der Waals surface area contributed by atoms with Gasteiger partial charge >= 0.3 is 0 Å². The number of anilines is 1. The molecular weight excluding hydrogens is 464 g/mol. The van der Waals surface area contributed by atoms with Gasteiger partial charge in [0, 0.05) is 17.2 Å². The van der Waals surface area contributed by atoms with Crippen LogP contribution in [0.2, 0.25) is 0 Å². The largest absolute Gasteiger partial charge is 0.486 e. The molecule has 0 aliphatic heterocycles. The second kappa shape index (κ2) is 10.6. The highest BCUT2D eigenvalue weighted by Crippen LogP contribution is 2.24. The van der Waals surface area contributed by atoms with Crippen molar-refractivity contribution in [3.63, 3.8) is 0 Å². The Bertz CT molecular complexity index is 983. The number of halogens is 1. The summed E-state index contributed by atoms with van der Waals surface area (Å²) in [7, 11) is 1.88. The molecule has 0 aliphatic carbocycles. The molecule has 158 valence electrons. The number of aryl methyl sites for hydroxylation is 2. The molecule has 3 aromatic rings. The first-order valence-corrected chi connectivity index (χ1v) is 11.6. The minimum absolute atomic E-state index is 0.0498. The molecule has 0 bridgehead atoms. The topological polar surface area (TPSA) is 69.0 Å². The maximum absolute atomic E-state index is 12.6. The van der Waals surface area contributed by atoms with Crippen molar-refractivity contribution in [2.75, 3.05) is 11.1 Å². The number of nitrogens with one attached hydrogen (secondary N) is 1. The SMILES string of the molecule is CCc1cccc(CC)c1NC(=O)CSc1nnc(COc2ccc(Br)cc2)n1C. The van der Waals surface area contributed by atoms with Crippen molar-refractivity contribution < 1.29 is 9.53 Å². The minimum atomic E-state index is -0.0498. The summed E-state index contributed by atoms with van der Waals surface area (Å²) >= 11 is 4.77. The number of benzene rings is 2. The molecule has 1 aromatic heterocycles. The van der Waals surface area contributed by atoms with Gasteiger partial charge in [-0.3, -0.25) is 4.79 Å². The summed E-state index contributed by atoms with van der Waals surface area (Å²) in [6.07, 6.45) is 1.75. The third-order valence-corrected chi connectivity index (χ3v) is 6.25. The number of hydrogen-bond donors (Lipinski definition) is 1. The molecule has 1 N–H and O–H groups in total. The van der Waals surface area contributed by atoms with Crippen LogP contribution >= 0.6 is 27.7 Å². The normalized spacial score (nSPS) is 10.8. The predicted molar refractivity (Wildman–Crippen MR) is 124 cm³/mol. The van der Waals surface area contributed by atoms with E-state index in [1.807, 2.05) is 41.9 Å². The van der Waals surface area contributed by atoms with E-state index in [4.69, 9.17) is 4.74 Å². The molecule has 0 saturated carbocycles. The van der Waals surface area contributed by atoms with Gasteiger partial charge in [-0.25, -0.2) is 0 Å². The summed E-state index contributed by atoms with van der Waals surface area (Å²) in [5, 5.41) is 12.2. The van der Waals surface area contributed by atoms with Crippen LogP contribution in [-0.2, 0) is 31.3 Å². The van der Waals surface area contributed by atoms with E-state index in [1.54, 1.807) is 0 Å². The molecule has 30 heavy (non-hydrogen) atoms. The van der Waals surface area contributed by atoms with E-state index in [-0.39, 0.29) is 11.7 Å². The first-order valence-electron chi connectivity index (χ1n) is 9.81. The van der Waals surface area contributed by atoms with E-state index in [1.165, 1.54) is 11.8 Å². The number of carbonyl (C=O) groups excluding carboxylic acids is 1. The van der Waals surface area contributed by atoms with Crippen molar-refractivity contribution in [2.24, 2.45) is 7.05 Å². The van der Waals surface area contributed by atoms with Gasteiger partial charge < -0.3 is 14.6 Å². The third kappa shape index (κ3) is 5.64. The number of carbonyl (C=O) groups is 1. The molecule has 8 heteroatoms. The van der Waals surface area contributed by atoms with Crippen LogP contribution in [0.3, 0.4) is 0 Å². The summed E-state index contributed by atoms with van der Waals surface area (Å²) in [4.78, 5) is 12.6. The summed E-state index contributed by atoms with van der Waals surface area (Å²) in [6, 6.07) is 13.8. The molecule has 6 nitrogen and oxygen atoms in total. The van der Waals surface area contributed by atoms with Gasteiger partial charge in [0.05, 0.1) is 5.75 Å². The van der Waals surface area contributed by atoms with E-state index in [2.05, 4.69) is 57.4 Å². The van der Waals surface area contributed by atoms with Crippen LogP contribution in [0.4, 0.5) is 5.69 Å². The minimum Gasteiger partial charge on any atom is -0.486 e. The number of nitrogens with zero attached hydrogens (tertiary/aromatic N) is 3. The summed E-state index contributed by atoms with van der Waals surface area (Å²) in [5.41, 5.74) is 3.24. The number of amides is 1. The average molecular weight is 489 g/mol. The Kier molecular flexibility index (Phi) is 7.93. The van der Waals surface area contributed by atoms with E-state index in [0.717, 1.165) is 39.9 Å². The first kappa shape index (κ1) is 22.4. The number of para-hydroxylation sites is 1. The van der Waals surface area contributed by atoms with Gasteiger partial charge in [0.15, 0.2) is 11.0 Å². The maximum Gasteiger partial charge on any atom is 0.234 e. The molecule has 1 amide bonds. The Morgan fingerprint density at radius 2 is 1.77 bits per heavy atom. The fourth-order valence-corrected chi connectivity index (χ4v) is 3.98. The zero-order valence-corrected chi connectivity index (χ0v) is 19.7. The molecule has 0 aliphatic rings. The monoisotopic (exact) mass is 488 g/mol. The first-order chi connectivity index (χ1) is 14.5. The molecule has 0 unspecified atom stereocenters. The lowest BCUT2D eigenvalue weighted by Gasteiger charge is -2.14. The van der Waals surface area contributed by atoms with Crippen LogP contribution in [0.15, 0.2) is 52.1 Å². The zero-order chi connectivity index (χ0) is 21.5. The van der Waals surface area contributed by atoms with Crippen molar-refractivity contribution in [1.82, 2.24) is 14.8 Å². The Labute approximate surface area is 189 Å². The van der Waals surface area contributed by atoms with E-state index in [0.29, 0.717) is 17.6 Å². The lowest BCUT2D eigenvalue weighted by Crippen LogP contribution is -2.17. The van der Waals surface area contributed by atoms with Gasteiger partial charge in [0.1, 0.15) is 12.4 Å². The average Bonchev–Trinajstić information content (AvgIpc) is 3.11. The number of rotatable bonds is 9. The van der Waals surface area contributed by atoms with Crippen LogP contribution in [0, 0.1) is 0 Å². The smallest absolute Gasteiger partial charge is 0.234 e. The molecule has 1 heterocycles.